The second-order valence-electron chi connectivity index (χ2n) is 7.25. The van der Waals surface area contributed by atoms with E-state index in [-0.39, 0.29) is 42.1 Å². The van der Waals surface area contributed by atoms with Gasteiger partial charge in [0.2, 0.25) is 5.91 Å². The van der Waals surface area contributed by atoms with Gasteiger partial charge in [-0.25, -0.2) is 14.2 Å². The summed E-state index contributed by atoms with van der Waals surface area (Å²) in [6.45, 7) is 2.97. The Bertz CT molecular complexity index is 673. The van der Waals surface area contributed by atoms with Crippen molar-refractivity contribution < 1.29 is 18.3 Å². The molecule has 4 rings (SSSR count). The Kier molecular flexibility index (Phi) is 6.52. The lowest BCUT2D eigenvalue weighted by Crippen LogP contribution is -2.53. The molecule has 3 fully saturated rings. The number of fused-ring (bicyclic) bond motifs is 1. The molecule has 3 atom stereocenters. The van der Waals surface area contributed by atoms with E-state index < -0.39 is 11.6 Å². The van der Waals surface area contributed by atoms with Crippen molar-refractivity contribution in [1.29, 1.82) is 0 Å². The smallest absolute Gasteiger partial charge is 0.241 e. The Hall–Kier alpha value is -1.48. The van der Waals surface area contributed by atoms with Crippen LogP contribution < -0.4 is 20.9 Å². The minimum Gasteiger partial charge on any atom is -0.487 e. The Morgan fingerprint density at radius 3 is 2.67 bits per heavy atom. The van der Waals surface area contributed by atoms with E-state index in [1.54, 1.807) is 0 Å². The van der Waals surface area contributed by atoms with Gasteiger partial charge in [0.05, 0.1) is 0 Å². The number of halogens is 3. The first-order valence-electron chi connectivity index (χ1n) is 9.24. The molecular formula is C18H25ClF2N4O2. The van der Waals surface area contributed by atoms with Gasteiger partial charge in [-0.3, -0.25) is 10.2 Å². The van der Waals surface area contributed by atoms with E-state index in [1.165, 1.54) is 12.1 Å². The van der Waals surface area contributed by atoms with Crippen molar-refractivity contribution in [1.82, 2.24) is 21.1 Å². The maximum absolute atomic E-state index is 13.7. The van der Waals surface area contributed by atoms with Crippen LogP contribution >= 0.6 is 12.4 Å². The lowest BCUT2D eigenvalue weighted by Gasteiger charge is -2.35. The maximum atomic E-state index is 13.7. The third-order valence-corrected chi connectivity index (χ3v) is 5.59. The van der Waals surface area contributed by atoms with Gasteiger partial charge >= 0.3 is 0 Å². The molecule has 3 heterocycles. The van der Waals surface area contributed by atoms with Crippen molar-refractivity contribution in [3.8, 4) is 5.75 Å². The zero-order valence-corrected chi connectivity index (χ0v) is 15.7. The molecule has 6 nitrogen and oxygen atoms in total. The van der Waals surface area contributed by atoms with Gasteiger partial charge in [0.25, 0.3) is 0 Å². The quantitative estimate of drug-likeness (QED) is 0.709. The van der Waals surface area contributed by atoms with Gasteiger partial charge in [-0.05, 0) is 25.1 Å². The van der Waals surface area contributed by atoms with Crippen LogP contribution in [0.3, 0.4) is 0 Å². The summed E-state index contributed by atoms with van der Waals surface area (Å²) in [6.07, 6.45) is 2.11. The van der Waals surface area contributed by atoms with Crippen molar-refractivity contribution in [2.24, 2.45) is 5.92 Å². The summed E-state index contributed by atoms with van der Waals surface area (Å²) in [5.74, 6) is -0.878. The number of hydrogen-bond acceptors (Lipinski definition) is 5. The topological polar surface area (TPSA) is 65.6 Å². The number of hydrogen-bond donors (Lipinski definition) is 3. The normalized spacial score (nSPS) is 28.4. The van der Waals surface area contributed by atoms with E-state index in [4.69, 9.17) is 4.74 Å². The molecule has 0 radical (unpaired) electrons. The summed E-state index contributed by atoms with van der Waals surface area (Å²) in [4.78, 5) is 14.7. The molecule has 27 heavy (non-hydrogen) atoms. The summed E-state index contributed by atoms with van der Waals surface area (Å²) < 4.78 is 32.4. The van der Waals surface area contributed by atoms with E-state index in [1.807, 2.05) is 4.90 Å². The molecule has 3 aliphatic heterocycles. The Labute approximate surface area is 163 Å². The minimum atomic E-state index is -0.694. The van der Waals surface area contributed by atoms with Crippen molar-refractivity contribution in [3.05, 3.63) is 29.8 Å². The predicted octanol–water partition coefficient (Wildman–Crippen LogP) is 1.21. The molecule has 0 spiro atoms. The largest absolute Gasteiger partial charge is 0.487 e. The monoisotopic (exact) mass is 402 g/mol. The maximum Gasteiger partial charge on any atom is 0.241 e. The Balaban J connectivity index is 0.00000210. The van der Waals surface area contributed by atoms with Crippen LogP contribution in [0.1, 0.15) is 19.3 Å². The molecule has 1 amide bonds. The van der Waals surface area contributed by atoms with Crippen LogP contribution in [0.25, 0.3) is 0 Å². The van der Waals surface area contributed by atoms with E-state index in [9.17, 15) is 13.6 Å². The summed E-state index contributed by atoms with van der Waals surface area (Å²) in [7, 11) is 0. The van der Waals surface area contributed by atoms with Gasteiger partial charge in [-0.1, -0.05) is 0 Å². The van der Waals surface area contributed by atoms with Crippen LogP contribution in [0.4, 0.5) is 8.78 Å². The van der Waals surface area contributed by atoms with Crippen LogP contribution in [0.2, 0.25) is 0 Å². The highest BCUT2D eigenvalue weighted by atomic mass is 35.5. The fraction of sp³-hybridized carbons (Fsp3) is 0.611. The standard InChI is InChI=1S/C18H24F2N4O2.ClH/c19-11-1-2-16(14(20)9-11)26-12-4-7-24(8-5-12)18(25)17-13-10-21-6-3-15(13)22-23-17;/h1-2,9,12-13,15,17,21-23H,3-8,10H2;1H. The summed E-state index contributed by atoms with van der Waals surface area (Å²) in [5.41, 5.74) is 6.41. The number of piperidine rings is 2. The van der Waals surface area contributed by atoms with Crippen LogP contribution in [0, 0.1) is 17.6 Å². The van der Waals surface area contributed by atoms with Gasteiger partial charge in [-0.2, -0.15) is 0 Å². The number of nitrogens with zero attached hydrogens (tertiary/aromatic N) is 1. The Morgan fingerprint density at radius 2 is 1.93 bits per heavy atom. The lowest BCUT2D eigenvalue weighted by molar-refractivity contribution is -0.136. The number of carbonyl (C=O) groups is 1. The molecule has 0 aliphatic carbocycles. The van der Waals surface area contributed by atoms with Gasteiger partial charge in [0, 0.05) is 50.5 Å². The van der Waals surface area contributed by atoms with E-state index in [0.717, 1.165) is 25.6 Å². The molecule has 1 aromatic carbocycles. The zero-order valence-electron chi connectivity index (χ0n) is 14.9. The highest BCUT2D eigenvalue weighted by Gasteiger charge is 2.43. The molecule has 3 unspecified atom stereocenters. The highest BCUT2D eigenvalue weighted by molar-refractivity contribution is 5.85. The minimum absolute atomic E-state index is 0. The van der Waals surface area contributed by atoms with E-state index in [2.05, 4.69) is 16.2 Å². The number of hydrazine groups is 1. The average molecular weight is 403 g/mol. The molecule has 1 aromatic rings. The lowest BCUT2D eigenvalue weighted by atomic mass is 9.88. The number of rotatable bonds is 3. The van der Waals surface area contributed by atoms with E-state index >= 15 is 0 Å². The number of ether oxygens (including phenoxy) is 1. The fourth-order valence-corrected chi connectivity index (χ4v) is 4.10. The number of nitrogens with one attached hydrogen (secondary N) is 3. The third kappa shape index (κ3) is 4.34. The molecular weight excluding hydrogens is 378 g/mol. The molecule has 3 aliphatic rings. The molecule has 0 aromatic heterocycles. The van der Waals surface area contributed by atoms with Crippen molar-refractivity contribution >= 4 is 18.3 Å². The molecule has 150 valence electrons. The highest BCUT2D eigenvalue weighted by Crippen LogP contribution is 2.25. The second-order valence-corrected chi connectivity index (χ2v) is 7.25. The molecule has 0 saturated carbocycles. The van der Waals surface area contributed by atoms with Crippen LogP contribution in [-0.2, 0) is 4.79 Å². The molecule has 3 N–H and O–H groups in total. The number of benzene rings is 1. The number of amides is 1. The zero-order chi connectivity index (χ0) is 18.1. The van der Waals surface area contributed by atoms with Crippen LogP contribution in [-0.4, -0.2) is 55.2 Å². The van der Waals surface area contributed by atoms with Crippen molar-refractivity contribution in [2.45, 2.75) is 37.5 Å². The number of carbonyl (C=O) groups excluding carboxylic acids is 1. The van der Waals surface area contributed by atoms with Gasteiger partial charge in [0.1, 0.15) is 18.0 Å². The van der Waals surface area contributed by atoms with E-state index in [0.29, 0.717) is 32.0 Å². The predicted molar refractivity (Wildman–Crippen MR) is 98.7 cm³/mol. The third-order valence-electron chi connectivity index (χ3n) is 5.59. The van der Waals surface area contributed by atoms with Gasteiger partial charge in [-0.15, -0.1) is 12.4 Å². The summed E-state index contributed by atoms with van der Waals surface area (Å²) >= 11 is 0. The Morgan fingerprint density at radius 1 is 1.15 bits per heavy atom. The fourth-order valence-electron chi connectivity index (χ4n) is 4.10. The van der Waals surface area contributed by atoms with Crippen molar-refractivity contribution in [2.75, 3.05) is 26.2 Å². The first kappa shape index (κ1) is 20.3. The number of likely N-dealkylation sites (tertiary alicyclic amines) is 1. The molecule has 0 bridgehead atoms. The van der Waals surface area contributed by atoms with Crippen molar-refractivity contribution in [3.63, 3.8) is 0 Å². The van der Waals surface area contributed by atoms with Gasteiger partial charge in [0.15, 0.2) is 11.6 Å². The first-order valence-corrected chi connectivity index (χ1v) is 9.24. The van der Waals surface area contributed by atoms with Crippen LogP contribution in [0.15, 0.2) is 18.2 Å². The average Bonchev–Trinajstić information content (AvgIpc) is 3.08. The second kappa shape index (κ2) is 8.68. The molecule has 3 saturated heterocycles. The first-order chi connectivity index (χ1) is 12.6. The summed E-state index contributed by atoms with van der Waals surface area (Å²) in [5, 5.41) is 3.35. The van der Waals surface area contributed by atoms with Crippen LogP contribution in [0.5, 0.6) is 5.75 Å². The SMILES string of the molecule is Cl.O=C(C1NNC2CCNCC21)N1CCC(Oc2ccc(F)cc2F)CC1. The molecule has 9 heteroatoms. The summed E-state index contributed by atoms with van der Waals surface area (Å²) in [6, 6.07) is 3.45. The van der Waals surface area contributed by atoms with Gasteiger partial charge < -0.3 is 15.0 Å².